The summed E-state index contributed by atoms with van der Waals surface area (Å²) >= 11 is 0. The van der Waals surface area contributed by atoms with E-state index < -0.39 is 10.0 Å². The molecule has 1 fully saturated rings. The van der Waals surface area contributed by atoms with Crippen LogP contribution < -0.4 is 14.4 Å². The van der Waals surface area contributed by atoms with Gasteiger partial charge < -0.3 is 14.5 Å². The van der Waals surface area contributed by atoms with Crippen LogP contribution in [0.2, 0.25) is 0 Å². The van der Waals surface area contributed by atoms with Gasteiger partial charge in [-0.25, -0.2) is 8.42 Å². The molecule has 152 valence electrons. The Balaban J connectivity index is 1.76. The molecule has 1 heterocycles. The van der Waals surface area contributed by atoms with Gasteiger partial charge in [0.1, 0.15) is 5.75 Å². The fourth-order valence-corrected chi connectivity index (χ4v) is 4.44. The largest absolute Gasteiger partial charge is 0.496 e. The summed E-state index contributed by atoms with van der Waals surface area (Å²) in [7, 11) is 0.0518. The van der Waals surface area contributed by atoms with E-state index in [-0.39, 0.29) is 10.8 Å². The number of hydrogen-bond acceptors (Lipinski definition) is 5. The van der Waals surface area contributed by atoms with Crippen molar-refractivity contribution in [3.63, 3.8) is 0 Å². The first-order chi connectivity index (χ1) is 13.3. The zero-order valence-corrected chi connectivity index (χ0v) is 17.8. The van der Waals surface area contributed by atoms with Crippen LogP contribution in [0, 0.1) is 0 Å². The van der Waals surface area contributed by atoms with Crippen molar-refractivity contribution in [2.75, 3.05) is 50.0 Å². The summed E-state index contributed by atoms with van der Waals surface area (Å²) in [4.78, 5) is 4.86. The third-order valence-electron chi connectivity index (χ3n) is 5.12. The molecule has 7 heteroatoms. The van der Waals surface area contributed by atoms with E-state index in [9.17, 15) is 8.42 Å². The molecule has 2 aromatic rings. The fourth-order valence-electron chi connectivity index (χ4n) is 3.35. The molecular formula is C21H29N3O3S. The van der Waals surface area contributed by atoms with Crippen LogP contribution in [-0.4, -0.2) is 53.7 Å². The number of piperazine rings is 1. The molecule has 0 amide bonds. The van der Waals surface area contributed by atoms with Gasteiger partial charge in [-0.1, -0.05) is 13.8 Å². The van der Waals surface area contributed by atoms with Crippen molar-refractivity contribution >= 4 is 21.4 Å². The predicted octanol–water partition coefficient (Wildman–Crippen LogP) is 3.37. The van der Waals surface area contributed by atoms with Crippen molar-refractivity contribution in [1.82, 2.24) is 4.90 Å². The average Bonchev–Trinajstić information content (AvgIpc) is 2.68. The second-order valence-corrected chi connectivity index (χ2v) is 9.18. The van der Waals surface area contributed by atoms with Gasteiger partial charge in [-0.15, -0.1) is 0 Å². The van der Waals surface area contributed by atoms with Crippen molar-refractivity contribution in [2.24, 2.45) is 0 Å². The first-order valence-electron chi connectivity index (χ1n) is 9.54. The molecular weight excluding hydrogens is 374 g/mol. The van der Waals surface area contributed by atoms with E-state index >= 15 is 0 Å². The van der Waals surface area contributed by atoms with Crippen LogP contribution in [0.25, 0.3) is 0 Å². The van der Waals surface area contributed by atoms with Crippen LogP contribution in [-0.2, 0) is 10.0 Å². The highest BCUT2D eigenvalue weighted by Crippen LogP contribution is 2.30. The maximum atomic E-state index is 12.8. The maximum absolute atomic E-state index is 12.8. The Morgan fingerprint density at radius 2 is 1.64 bits per heavy atom. The normalized spacial score (nSPS) is 15.7. The van der Waals surface area contributed by atoms with Crippen molar-refractivity contribution in [2.45, 2.75) is 24.7 Å². The van der Waals surface area contributed by atoms with E-state index in [1.165, 1.54) is 0 Å². The van der Waals surface area contributed by atoms with Crippen molar-refractivity contribution < 1.29 is 13.2 Å². The second kappa shape index (κ2) is 8.41. The zero-order valence-electron chi connectivity index (χ0n) is 17.0. The molecule has 0 radical (unpaired) electrons. The number of hydrogen-bond donors (Lipinski definition) is 1. The summed E-state index contributed by atoms with van der Waals surface area (Å²) in [5.74, 6) is 0.860. The molecule has 0 unspecified atom stereocenters. The average molecular weight is 404 g/mol. The van der Waals surface area contributed by atoms with E-state index in [0.29, 0.717) is 11.4 Å². The molecule has 1 aliphatic rings. The van der Waals surface area contributed by atoms with Crippen LogP contribution in [0.4, 0.5) is 11.4 Å². The Labute approximate surface area is 168 Å². The molecule has 0 atom stereocenters. The molecule has 0 spiro atoms. The molecule has 0 saturated carbocycles. The summed E-state index contributed by atoms with van der Waals surface area (Å²) in [5, 5.41) is 0. The third-order valence-corrected chi connectivity index (χ3v) is 6.50. The van der Waals surface area contributed by atoms with Crippen LogP contribution in [0.5, 0.6) is 5.75 Å². The van der Waals surface area contributed by atoms with E-state index in [2.05, 4.69) is 21.6 Å². The molecule has 0 bridgehead atoms. The highest BCUT2D eigenvalue weighted by Gasteiger charge is 2.19. The lowest BCUT2D eigenvalue weighted by Crippen LogP contribution is -2.44. The lowest BCUT2D eigenvalue weighted by molar-refractivity contribution is 0.313. The van der Waals surface area contributed by atoms with Gasteiger partial charge in [0.25, 0.3) is 10.0 Å². The number of ether oxygens (including phenoxy) is 1. The highest BCUT2D eigenvalue weighted by atomic mass is 32.2. The minimum Gasteiger partial charge on any atom is -0.496 e. The molecule has 0 aliphatic carbocycles. The van der Waals surface area contributed by atoms with Crippen LogP contribution in [0.3, 0.4) is 0 Å². The minimum absolute atomic E-state index is 0.160. The number of likely N-dealkylation sites (N-methyl/N-ethyl adjacent to an activating group) is 1. The lowest BCUT2D eigenvalue weighted by Gasteiger charge is -2.34. The van der Waals surface area contributed by atoms with Gasteiger partial charge in [0.05, 0.1) is 12.0 Å². The van der Waals surface area contributed by atoms with Gasteiger partial charge in [-0.3, -0.25) is 4.72 Å². The predicted molar refractivity (Wildman–Crippen MR) is 114 cm³/mol. The maximum Gasteiger partial charge on any atom is 0.261 e. The number of sulfonamides is 1. The smallest absolute Gasteiger partial charge is 0.261 e. The van der Waals surface area contributed by atoms with Crippen LogP contribution in [0.15, 0.2) is 47.4 Å². The number of nitrogens with one attached hydrogen (secondary N) is 1. The van der Waals surface area contributed by atoms with E-state index in [1.54, 1.807) is 25.3 Å². The number of rotatable bonds is 6. The molecule has 1 N–H and O–H groups in total. The van der Waals surface area contributed by atoms with Gasteiger partial charge in [0.15, 0.2) is 0 Å². The highest BCUT2D eigenvalue weighted by molar-refractivity contribution is 7.92. The Kier molecular flexibility index (Phi) is 6.15. The van der Waals surface area contributed by atoms with Crippen molar-refractivity contribution in [3.8, 4) is 5.75 Å². The summed E-state index contributed by atoms with van der Waals surface area (Å²) in [5.41, 5.74) is 2.54. The summed E-state index contributed by atoms with van der Waals surface area (Å²) in [6, 6.07) is 12.5. The zero-order chi connectivity index (χ0) is 20.3. The molecule has 1 aliphatic heterocycles. The fraction of sp³-hybridized carbons (Fsp3) is 0.429. The monoisotopic (exact) mass is 403 g/mol. The van der Waals surface area contributed by atoms with Gasteiger partial charge in [0, 0.05) is 37.6 Å². The second-order valence-electron chi connectivity index (χ2n) is 7.50. The molecule has 28 heavy (non-hydrogen) atoms. The minimum atomic E-state index is -3.67. The topological polar surface area (TPSA) is 61.9 Å². The first-order valence-corrected chi connectivity index (χ1v) is 11.0. The summed E-state index contributed by atoms with van der Waals surface area (Å²) in [6.07, 6.45) is 0. The van der Waals surface area contributed by atoms with Gasteiger partial charge >= 0.3 is 0 Å². The Bertz CT molecular complexity index is 903. The van der Waals surface area contributed by atoms with Gasteiger partial charge in [-0.05, 0) is 61.0 Å². The third kappa shape index (κ3) is 4.59. The van der Waals surface area contributed by atoms with E-state index in [4.69, 9.17) is 4.74 Å². The Morgan fingerprint density at radius 3 is 2.21 bits per heavy atom. The van der Waals surface area contributed by atoms with Gasteiger partial charge in [-0.2, -0.15) is 0 Å². The Morgan fingerprint density at radius 1 is 1.00 bits per heavy atom. The molecule has 6 nitrogen and oxygen atoms in total. The van der Waals surface area contributed by atoms with E-state index in [1.807, 2.05) is 38.1 Å². The summed E-state index contributed by atoms with van der Waals surface area (Å²) < 4.78 is 33.7. The number of benzene rings is 2. The summed E-state index contributed by atoms with van der Waals surface area (Å²) in [6.45, 7) is 8.04. The Hall–Kier alpha value is -2.25. The van der Waals surface area contributed by atoms with E-state index in [0.717, 1.165) is 37.4 Å². The van der Waals surface area contributed by atoms with Gasteiger partial charge in [0.2, 0.25) is 0 Å². The lowest BCUT2D eigenvalue weighted by atomic mass is 10.0. The van der Waals surface area contributed by atoms with Crippen LogP contribution in [0.1, 0.15) is 25.3 Å². The molecule has 1 saturated heterocycles. The number of methoxy groups -OCH3 is 1. The van der Waals surface area contributed by atoms with Crippen molar-refractivity contribution in [3.05, 3.63) is 48.0 Å². The first kappa shape index (κ1) is 20.5. The van der Waals surface area contributed by atoms with Crippen LogP contribution >= 0.6 is 0 Å². The standard InChI is InChI=1S/C21H29N3O3S/c1-16(2)20-15-19(9-10-21(20)27-4)28(25,26)22-17-5-7-18(8-6-17)24-13-11-23(3)12-14-24/h5-10,15-16,22H,11-14H2,1-4H3. The van der Waals surface area contributed by atoms with Crippen molar-refractivity contribution in [1.29, 1.82) is 0 Å². The number of anilines is 2. The molecule has 2 aromatic carbocycles. The number of nitrogens with zero attached hydrogens (tertiary/aromatic N) is 2. The molecule has 3 rings (SSSR count). The SMILES string of the molecule is COc1ccc(S(=O)(=O)Nc2ccc(N3CCN(C)CC3)cc2)cc1C(C)C. The quantitative estimate of drug-likeness (QED) is 0.801. The molecule has 0 aromatic heterocycles.